The normalized spacial score (nSPS) is 12.1. The van der Waals surface area contributed by atoms with Crippen LogP contribution in [0.2, 0.25) is 0 Å². The van der Waals surface area contributed by atoms with Gasteiger partial charge in [-0.25, -0.2) is 0 Å². The summed E-state index contributed by atoms with van der Waals surface area (Å²) in [4.78, 5) is 38.3. The summed E-state index contributed by atoms with van der Waals surface area (Å²) in [5.41, 5.74) is 0. The molecule has 0 aliphatic heterocycles. The van der Waals surface area contributed by atoms with Crippen LogP contribution in [0.4, 0.5) is 0 Å². The first-order valence-corrected chi connectivity index (χ1v) is 31.8. The molecule has 0 rings (SSSR count). The van der Waals surface area contributed by atoms with Crippen molar-refractivity contribution in [3.05, 3.63) is 24.3 Å². The first-order chi connectivity index (χ1) is 35.0. The molecule has 0 N–H and O–H groups in total. The molecule has 0 saturated carbocycles. The number of esters is 3. The van der Waals surface area contributed by atoms with Gasteiger partial charge in [-0.3, -0.25) is 14.4 Å². The molecule has 6 heteroatoms. The van der Waals surface area contributed by atoms with Gasteiger partial charge in [0, 0.05) is 19.3 Å². The molecule has 0 aromatic rings. The summed E-state index contributed by atoms with van der Waals surface area (Å²) in [5.74, 6) is -0.853. The maximum absolute atomic E-state index is 12.9. The fraction of sp³-hybridized carbons (Fsp3) is 0.892. The summed E-state index contributed by atoms with van der Waals surface area (Å²) < 4.78 is 16.9. The highest BCUT2D eigenvalue weighted by atomic mass is 16.6. The molecule has 0 aromatic heterocycles. The Hall–Kier alpha value is -2.11. The number of carbonyl (C=O) groups is 3. The van der Waals surface area contributed by atoms with E-state index in [9.17, 15) is 14.4 Å². The summed E-state index contributed by atoms with van der Waals surface area (Å²) in [5, 5.41) is 0. The third-order valence-corrected chi connectivity index (χ3v) is 14.4. The molecule has 0 unspecified atom stereocenters. The van der Waals surface area contributed by atoms with Crippen LogP contribution in [-0.2, 0) is 28.6 Å². The summed E-state index contributed by atoms with van der Waals surface area (Å²) in [6, 6.07) is 0. The molecular weight excluding hydrogens is 877 g/mol. The van der Waals surface area contributed by atoms with E-state index in [1.807, 2.05) is 0 Å². The van der Waals surface area contributed by atoms with E-state index in [1.54, 1.807) is 0 Å². The molecule has 0 aliphatic carbocycles. The van der Waals surface area contributed by atoms with Crippen LogP contribution in [0.1, 0.15) is 355 Å². The standard InChI is InChI=1S/C65H122O6/c1-4-7-10-13-16-19-22-25-27-29-31-32-34-36-38-41-44-47-50-53-56-59-65(68)71-62(60-69-63(66)57-54-51-48-45-42-39-24-21-18-15-12-9-6-3)61-70-64(67)58-55-52-49-46-43-40-37-35-33-30-28-26-23-20-17-14-11-8-5-2/h21,24-25,27,62H,4-20,22-23,26,28-61H2,1-3H3/b24-21-,27-25-/t62-/m1/s1. The van der Waals surface area contributed by atoms with Crippen molar-refractivity contribution >= 4 is 17.9 Å². The molecule has 0 aliphatic rings. The minimum absolute atomic E-state index is 0.0689. The van der Waals surface area contributed by atoms with E-state index in [-0.39, 0.29) is 31.1 Å². The largest absolute Gasteiger partial charge is 0.462 e. The second-order valence-corrected chi connectivity index (χ2v) is 21.7. The Bertz CT molecular complexity index is 1150. The van der Waals surface area contributed by atoms with Gasteiger partial charge in [0.25, 0.3) is 0 Å². The van der Waals surface area contributed by atoms with Gasteiger partial charge in [0.2, 0.25) is 0 Å². The van der Waals surface area contributed by atoms with Crippen LogP contribution in [0.5, 0.6) is 0 Å². The average molecular weight is 1000 g/mol. The number of hydrogen-bond donors (Lipinski definition) is 0. The Morgan fingerprint density at radius 3 is 0.718 bits per heavy atom. The average Bonchev–Trinajstić information content (AvgIpc) is 3.37. The van der Waals surface area contributed by atoms with Gasteiger partial charge in [0.05, 0.1) is 0 Å². The van der Waals surface area contributed by atoms with Crippen molar-refractivity contribution in [2.75, 3.05) is 13.2 Å². The third-order valence-electron chi connectivity index (χ3n) is 14.4. The lowest BCUT2D eigenvalue weighted by atomic mass is 10.0. The number of unbranched alkanes of at least 4 members (excludes halogenated alkanes) is 44. The number of ether oxygens (including phenoxy) is 3. The Kier molecular flexibility index (Phi) is 58.6. The number of rotatable bonds is 59. The molecule has 0 aromatic carbocycles. The molecule has 0 spiro atoms. The highest BCUT2D eigenvalue weighted by molar-refractivity contribution is 5.71. The smallest absolute Gasteiger partial charge is 0.306 e. The molecule has 71 heavy (non-hydrogen) atoms. The number of hydrogen-bond acceptors (Lipinski definition) is 6. The van der Waals surface area contributed by atoms with E-state index in [0.29, 0.717) is 19.3 Å². The molecular formula is C65H122O6. The highest BCUT2D eigenvalue weighted by Crippen LogP contribution is 2.18. The fourth-order valence-corrected chi connectivity index (χ4v) is 9.61. The van der Waals surface area contributed by atoms with E-state index in [1.165, 1.54) is 250 Å². The minimum atomic E-state index is -0.772. The van der Waals surface area contributed by atoms with Crippen LogP contribution >= 0.6 is 0 Å². The molecule has 0 heterocycles. The van der Waals surface area contributed by atoms with Crippen LogP contribution in [0.3, 0.4) is 0 Å². The van der Waals surface area contributed by atoms with E-state index in [4.69, 9.17) is 14.2 Å². The Morgan fingerprint density at radius 1 is 0.268 bits per heavy atom. The topological polar surface area (TPSA) is 78.9 Å². The number of allylic oxidation sites excluding steroid dienone is 4. The van der Waals surface area contributed by atoms with Crippen LogP contribution < -0.4 is 0 Å². The first-order valence-electron chi connectivity index (χ1n) is 31.8. The summed E-state index contributed by atoms with van der Waals surface area (Å²) >= 11 is 0. The maximum Gasteiger partial charge on any atom is 0.306 e. The third kappa shape index (κ3) is 58.7. The zero-order valence-corrected chi connectivity index (χ0v) is 48.0. The zero-order chi connectivity index (χ0) is 51.4. The Labute approximate surface area is 443 Å². The first kappa shape index (κ1) is 68.9. The molecule has 0 amide bonds. The van der Waals surface area contributed by atoms with Crippen LogP contribution in [-0.4, -0.2) is 37.2 Å². The Morgan fingerprint density at radius 2 is 0.465 bits per heavy atom. The van der Waals surface area contributed by atoms with E-state index < -0.39 is 6.10 Å². The SMILES string of the molecule is CCCCCC/C=C\CCCCCCCC(=O)OC[C@H](COC(=O)CCCCCCCCCCCCCCCCCCCCC)OC(=O)CCCCCCCCCCCCC/C=C\CCCCCCCC. The van der Waals surface area contributed by atoms with Crippen molar-refractivity contribution in [1.29, 1.82) is 0 Å². The molecule has 1 atom stereocenters. The lowest BCUT2D eigenvalue weighted by molar-refractivity contribution is -0.167. The molecule has 0 radical (unpaired) electrons. The summed E-state index contributed by atoms with van der Waals surface area (Å²) in [6.45, 7) is 6.68. The van der Waals surface area contributed by atoms with Crippen molar-refractivity contribution < 1.29 is 28.6 Å². The fourth-order valence-electron chi connectivity index (χ4n) is 9.61. The van der Waals surface area contributed by atoms with Crippen molar-refractivity contribution in [3.63, 3.8) is 0 Å². The predicted molar refractivity (Wildman–Crippen MR) is 307 cm³/mol. The monoisotopic (exact) mass is 999 g/mol. The van der Waals surface area contributed by atoms with Crippen LogP contribution in [0, 0.1) is 0 Å². The van der Waals surface area contributed by atoms with Gasteiger partial charge in [-0.1, -0.05) is 289 Å². The molecule has 0 fully saturated rings. The second-order valence-electron chi connectivity index (χ2n) is 21.7. The zero-order valence-electron chi connectivity index (χ0n) is 48.0. The Balaban J connectivity index is 4.28. The van der Waals surface area contributed by atoms with Crippen molar-refractivity contribution in [3.8, 4) is 0 Å². The van der Waals surface area contributed by atoms with Gasteiger partial charge in [0.1, 0.15) is 13.2 Å². The van der Waals surface area contributed by atoms with Gasteiger partial charge in [-0.15, -0.1) is 0 Å². The van der Waals surface area contributed by atoms with E-state index in [0.717, 1.165) is 64.2 Å². The quantitative estimate of drug-likeness (QED) is 0.0261. The van der Waals surface area contributed by atoms with Crippen molar-refractivity contribution in [1.82, 2.24) is 0 Å². The molecule has 418 valence electrons. The van der Waals surface area contributed by atoms with Gasteiger partial charge >= 0.3 is 17.9 Å². The van der Waals surface area contributed by atoms with Crippen LogP contribution in [0.15, 0.2) is 24.3 Å². The van der Waals surface area contributed by atoms with Crippen molar-refractivity contribution in [2.45, 2.75) is 361 Å². The van der Waals surface area contributed by atoms with Crippen molar-refractivity contribution in [2.24, 2.45) is 0 Å². The van der Waals surface area contributed by atoms with Gasteiger partial charge < -0.3 is 14.2 Å². The highest BCUT2D eigenvalue weighted by Gasteiger charge is 2.19. The van der Waals surface area contributed by atoms with Crippen LogP contribution in [0.25, 0.3) is 0 Å². The van der Waals surface area contributed by atoms with Gasteiger partial charge in [0.15, 0.2) is 6.10 Å². The van der Waals surface area contributed by atoms with E-state index in [2.05, 4.69) is 45.1 Å². The lowest BCUT2D eigenvalue weighted by Gasteiger charge is -2.18. The second kappa shape index (κ2) is 60.4. The lowest BCUT2D eigenvalue weighted by Crippen LogP contribution is -2.30. The molecule has 6 nitrogen and oxygen atoms in total. The maximum atomic E-state index is 12.9. The summed E-state index contributed by atoms with van der Waals surface area (Å²) in [7, 11) is 0. The predicted octanol–water partition coefficient (Wildman–Crippen LogP) is 21.4. The minimum Gasteiger partial charge on any atom is -0.462 e. The summed E-state index contributed by atoms with van der Waals surface area (Å²) in [6.07, 6.45) is 71.8. The molecule has 0 bridgehead atoms. The van der Waals surface area contributed by atoms with Gasteiger partial charge in [-0.05, 0) is 70.6 Å². The number of carbonyl (C=O) groups excluding carboxylic acids is 3. The van der Waals surface area contributed by atoms with E-state index >= 15 is 0 Å². The molecule has 0 saturated heterocycles. The van der Waals surface area contributed by atoms with Gasteiger partial charge in [-0.2, -0.15) is 0 Å².